The summed E-state index contributed by atoms with van der Waals surface area (Å²) in [7, 11) is 0. The maximum atomic E-state index is 12.2. The zero-order chi connectivity index (χ0) is 14.2. The Morgan fingerprint density at radius 1 is 1.37 bits per heavy atom. The fraction of sp³-hybridized carbons (Fsp3) is 0.429. The van der Waals surface area contributed by atoms with Crippen LogP contribution in [-0.2, 0) is 4.79 Å². The van der Waals surface area contributed by atoms with Gasteiger partial charge in [-0.2, -0.15) is 0 Å². The first-order valence-electron chi connectivity index (χ1n) is 6.13. The molecule has 2 rings (SSSR count). The van der Waals surface area contributed by atoms with E-state index in [-0.39, 0.29) is 18.5 Å². The number of nitrogens with zero attached hydrogens (tertiary/aromatic N) is 1. The second kappa shape index (κ2) is 4.66. The number of hydrogen-bond donors (Lipinski definition) is 2. The van der Waals surface area contributed by atoms with Gasteiger partial charge in [0, 0.05) is 12.0 Å². The molecule has 1 atom stereocenters. The van der Waals surface area contributed by atoms with Crippen LogP contribution in [0.3, 0.4) is 0 Å². The third kappa shape index (κ3) is 2.76. The van der Waals surface area contributed by atoms with Crippen LogP contribution in [0.15, 0.2) is 24.3 Å². The number of carboxylic acids is 1. The van der Waals surface area contributed by atoms with Crippen LogP contribution in [0.4, 0.5) is 0 Å². The molecule has 1 aliphatic heterocycles. The van der Waals surface area contributed by atoms with Gasteiger partial charge in [0.05, 0.1) is 11.6 Å². The van der Waals surface area contributed by atoms with Crippen LogP contribution in [-0.4, -0.2) is 39.1 Å². The van der Waals surface area contributed by atoms with E-state index in [0.717, 1.165) is 5.56 Å². The summed E-state index contributed by atoms with van der Waals surface area (Å²) >= 11 is 0. The molecule has 5 heteroatoms. The van der Waals surface area contributed by atoms with E-state index in [1.165, 1.54) is 4.90 Å². The second-order valence-electron chi connectivity index (χ2n) is 5.45. The minimum absolute atomic E-state index is 0.285. The molecule has 0 saturated carbocycles. The minimum Gasteiger partial charge on any atom is -0.480 e. The molecule has 0 aliphatic carbocycles. The fourth-order valence-corrected chi connectivity index (χ4v) is 2.47. The summed E-state index contributed by atoms with van der Waals surface area (Å²) in [6.45, 7) is 2.95. The number of hydrogen-bond acceptors (Lipinski definition) is 3. The van der Waals surface area contributed by atoms with E-state index in [1.54, 1.807) is 26.0 Å². The molecular formula is C14H17NO4. The molecule has 1 unspecified atom stereocenters. The molecule has 1 aromatic rings. The molecule has 0 radical (unpaired) electrons. The normalized spacial score (nSPS) is 18.6. The van der Waals surface area contributed by atoms with Gasteiger partial charge in [-0.05, 0) is 25.5 Å². The molecule has 0 saturated heterocycles. The SMILES string of the molecule is CC(C)(O)CC1c2ccccc2C(=O)N1CC(=O)O. The molecular weight excluding hydrogens is 246 g/mol. The van der Waals surface area contributed by atoms with Gasteiger partial charge in [0.15, 0.2) is 0 Å². The lowest BCUT2D eigenvalue weighted by atomic mass is 9.93. The van der Waals surface area contributed by atoms with Crippen molar-refractivity contribution in [1.29, 1.82) is 0 Å². The van der Waals surface area contributed by atoms with Crippen molar-refractivity contribution >= 4 is 11.9 Å². The number of carbonyl (C=O) groups excluding carboxylic acids is 1. The van der Waals surface area contributed by atoms with Crippen LogP contribution in [0.1, 0.15) is 42.2 Å². The first-order valence-corrected chi connectivity index (χ1v) is 6.13. The maximum absolute atomic E-state index is 12.2. The zero-order valence-electron chi connectivity index (χ0n) is 11.0. The number of carboxylic acid groups (broad SMARTS) is 1. The van der Waals surface area contributed by atoms with E-state index in [1.807, 2.05) is 12.1 Å². The highest BCUT2D eigenvalue weighted by Crippen LogP contribution is 2.38. The van der Waals surface area contributed by atoms with Crippen molar-refractivity contribution in [1.82, 2.24) is 4.90 Å². The van der Waals surface area contributed by atoms with Gasteiger partial charge < -0.3 is 15.1 Å². The lowest BCUT2D eigenvalue weighted by Crippen LogP contribution is -2.36. The van der Waals surface area contributed by atoms with Gasteiger partial charge in [0.25, 0.3) is 5.91 Å². The average molecular weight is 263 g/mol. The maximum Gasteiger partial charge on any atom is 0.323 e. The number of carbonyl (C=O) groups is 2. The largest absolute Gasteiger partial charge is 0.480 e. The Hall–Kier alpha value is -1.88. The summed E-state index contributed by atoms with van der Waals surface area (Å²) in [5.74, 6) is -1.34. The van der Waals surface area contributed by atoms with Crippen molar-refractivity contribution < 1.29 is 19.8 Å². The van der Waals surface area contributed by atoms with E-state index in [0.29, 0.717) is 12.0 Å². The van der Waals surface area contributed by atoms with Crippen molar-refractivity contribution in [3.8, 4) is 0 Å². The molecule has 0 bridgehead atoms. The Labute approximate surface area is 111 Å². The van der Waals surface area contributed by atoms with E-state index in [2.05, 4.69) is 0 Å². The quantitative estimate of drug-likeness (QED) is 0.861. The summed E-state index contributed by atoms with van der Waals surface area (Å²) in [5.41, 5.74) is 0.341. The molecule has 1 amide bonds. The van der Waals surface area contributed by atoms with Crippen LogP contribution in [0.2, 0.25) is 0 Å². The molecule has 102 valence electrons. The number of fused-ring (bicyclic) bond motifs is 1. The number of benzene rings is 1. The minimum atomic E-state index is -1.05. The fourth-order valence-electron chi connectivity index (χ4n) is 2.47. The Kier molecular flexibility index (Phi) is 3.32. The molecule has 0 aromatic heterocycles. The summed E-state index contributed by atoms with van der Waals surface area (Å²) in [5, 5.41) is 18.9. The van der Waals surface area contributed by atoms with Gasteiger partial charge in [0.2, 0.25) is 0 Å². The highest BCUT2D eigenvalue weighted by atomic mass is 16.4. The van der Waals surface area contributed by atoms with Crippen molar-refractivity contribution in [3.63, 3.8) is 0 Å². The Morgan fingerprint density at radius 3 is 2.58 bits per heavy atom. The summed E-state index contributed by atoms with van der Waals surface area (Å²) in [6, 6.07) is 6.68. The molecule has 1 aliphatic rings. The topological polar surface area (TPSA) is 77.8 Å². The van der Waals surface area contributed by atoms with Gasteiger partial charge >= 0.3 is 5.97 Å². The average Bonchev–Trinajstić information content (AvgIpc) is 2.53. The number of aliphatic carboxylic acids is 1. The third-order valence-corrected chi connectivity index (χ3v) is 3.19. The van der Waals surface area contributed by atoms with Crippen LogP contribution in [0.5, 0.6) is 0 Å². The molecule has 5 nitrogen and oxygen atoms in total. The molecule has 0 spiro atoms. The predicted molar refractivity (Wildman–Crippen MR) is 68.8 cm³/mol. The van der Waals surface area contributed by atoms with Crippen LogP contribution in [0, 0.1) is 0 Å². The Morgan fingerprint density at radius 2 is 2.00 bits per heavy atom. The van der Waals surface area contributed by atoms with Gasteiger partial charge in [-0.15, -0.1) is 0 Å². The molecule has 1 heterocycles. The Bertz CT molecular complexity index is 518. The zero-order valence-corrected chi connectivity index (χ0v) is 11.0. The highest BCUT2D eigenvalue weighted by molar-refractivity contribution is 6.00. The standard InChI is InChI=1S/C14H17NO4/c1-14(2,19)7-11-9-5-3-4-6-10(9)13(18)15(11)8-12(16)17/h3-6,11,19H,7-8H2,1-2H3,(H,16,17). The van der Waals surface area contributed by atoms with Gasteiger partial charge in [0.1, 0.15) is 6.54 Å². The summed E-state index contributed by atoms with van der Waals surface area (Å²) in [6.07, 6.45) is 0.309. The third-order valence-electron chi connectivity index (χ3n) is 3.19. The smallest absolute Gasteiger partial charge is 0.323 e. The van der Waals surface area contributed by atoms with Crippen molar-refractivity contribution in [3.05, 3.63) is 35.4 Å². The van der Waals surface area contributed by atoms with E-state index < -0.39 is 11.6 Å². The first-order chi connectivity index (χ1) is 8.79. The van der Waals surface area contributed by atoms with Crippen molar-refractivity contribution in [2.45, 2.75) is 31.9 Å². The molecule has 0 fully saturated rings. The summed E-state index contributed by atoms with van der Waals surface area (Å²) in [4.78, 5) is 24.4. The molecule has 2 N–H and O–H groups in total. The van der Waals surface area contributed by atoms with Gasteiger partial charge in [-0.25, -0.2) is 0 Å². The summed E-state index contributed by atoms with van der Waals surface area (Å²) < 4.78 is 0. The lowest BCUT2D eigenvalue weighted by molar-refractivity contribution is -0.138. The van der Waals surface area contributed by atoms with Gasteiger partial charge in [-0.1, -0.05) is 18.2 Å². The number of amides is 1. The van der Waals surface area contributed by atoms with Crippen molar-refractivity contribution in [2.75, 3.05) is 6.54 Å². The number of aliphatic hydroxyl groups is 1. The first kappa shape index (κ1) is 13.5. The van der Waals surface area contributed by atoms with E-state index in [4.69, 9.17) is 5.11 Å². The second-order valence-corrected chi connectivity index (χ2v) is 5.45. The predicted octanol–water partition coefficient (Wildman–Crippen LogP) is 1.43. The highest BCUT2D eigenvalue weighted by Gasteiger charge is 2.39. The number of rotatable bonds is 4. The monoisotopic (exact) mass is 263 g/mol. The van der Waals surface area contributed by atoms with Crippen molar-refractivity contribution in [2.24, 2.45) is 0 Å². The van der Waals surface area contributed by atoms with Crippen LogP contribution < -0.4 is 0 Å². The van der Waals surface area contributed by atoms with Gasteiger partial charge in [-0.3, -0.25) is 9.59 Å². The van der Waals surface area contributed by atoms with Crippen LogP contribution >= 0.6 is 0 Å². The Balaban J connectivity index is 2.39. The molecule has 1 aromatic carbocycles. The molecule has 19 heavy (non-hydrogen) atoms. The van der Waals surface area contributed by atoms with E-state index >= 15 is 0 Å². The lowest BCUT2D eigenvalue weighted by Gasteiger charge is -2.29. The van der Waals surface area contributed by atoms with Crippen LogP contribution in [0.25, 0.3) is 0 Å². The van der Waals surface area contributed by atoms with E-state index in [9.17, 15) is 14.7 Å².